The monoisotopic (exact) mass is 387 g/mol. The number of halogens is 1. The van der Waals surface area contributed by atoms with Gasteiger partial charge in [0.25, 0.3) is 5.91 Å². The minimum absolute atomic E-state index is 0.0305. The van der Waals surface area contributed by atoms with Gasteiger partial charge in [0.05, 0.1) is 10.5 Å². The predicted octanol–water partition coefficient (Wildman–Crippen LogP) is 4.58. The van der Waals surface area contributed by atoms with Crippen molar-refractivity contribution in [2.24, 2.45) is 0 Å². The van der Waals surface area contributed by atoms with Gasteiger partial charge >= 0.3 is 0 Å². The molecule has 3 nitrogen and oxygen atoms in total. The van der Waals surface area contributed by atoms with Gasteiger partial charge in [0.2, 0.25) is 0 Å². The van der Waals surface area contributed by atoms with Gasteiger partial charge in [-0.2, -0.15) is 0 Å². The first-order valence-corrected chi connectivity index (χ1v) is 9.25. The molecule has 2 aromatic carbocycles. The average Bonchev–Trinajstić information content (AvgIpc) is 2.61. The molecule has 1 N–H and O–H groups in total. The lowest BCUT2D eigenvalue weighted by molar-refractivity contribution is -0.124. The molecule has 1 amide bonds. The van der Waals surface area contributed by atoms with E-state index in [9.17, 15) is 4.79 Å². The zero-order chi connectivity index (χ0) is 16.9. The maximum absolute atomic E-state index is 12.3. The van der Waals surface area contributed by atoms with E-state index < -0.39 is 0 Å². The van der Waals surface area contributed by atoms with Crippen LogP contribution in [0.5, 0.6) is 5.75 Å². The molecule has 0 radical (unpaired) electrons. The van der Waals surface area contributed by atoms with E-state index in [4.69, 9.17) is 4.74 Å². The van der Waals surface area contributed by atoms with E-state index in [1.807, 2.05) is 24.3 Å². The van der Waals surface area contributed by atoms with Crippen molar-refractivity contribution in [2.75, 3.05) is 6.61 Å². The molecule has 0 bridgehead atoms. The van der Waals surface area contributed by atoms with Crippen LogP contribution >= 0.6 is 15.9 Å². The number of ether oxygens (including phenoxy) is 1. The second-order valence-corrected chi connectivity index (χ2v) is 6.97. The molecule has 0 unspecified atom stereocenters. The summed E-state index contributed by atoms with van der Waals surface area (Å²) in [5, 5.41) is 3.11. The summed E-state index contributed by atoms with van der Waals surface area (Å²) < 4.78 is 6.56. The summed E-state index contributed by atoms with van der Waals surface area (Å²) in [6.45, 7) is 2.14. The number of rotatable bonds is 5. The van der Waals surface area contributed by atoms with Crippen molar-refractivity contribution in [3.05, 3.63) is 63.6 Å². The third-order valence-electron chi connectivity index (χ3n) is 4.47. The van der Waals surface area contributed by atoms with E-state index in [2.05, 4.69) is 46.4 Å². The highest BCUT2D eigenvalue weighted by Crippen LogP contribution is 2.29. The van der Waals surface area contributed by atoms with Crippen LogP contribution in [0.15, 0.2) is 46.9 Å². The lowest BCUT2D eigenvalue weighted by Crippen LogP contribution is -2.34. The molecule has 0 saturated heterocycles. The molecular weight excluding hydrogens is 366 g/mol. The van der Waals surface area contributed by atoms with Crippen LogP contribution in [0.4, 0.5) is 0 Å². The Hall–Kier alpha value is -1.81. The van der Waals surface area contributed by atoms with Crippen LogP contribution in [-0.2, 0) is 17.6 Å². The Morgan fingerprint density at radius 3 is 2.92 bits per heavy atom. The van der Waals surface area contributed by atoms with Crippen molar-refractivity contribution in [3.63, 3.8) is 0 Å². The lowest BCUT2D eigenvalue weighted by atomic mass is 9.88. The van der Waals surface area contributed by atoms with Crippen molar-refractivity contribution in [2.45, 2.75) is 38.6 Å². The van der Waals surface area contributed by atoms with Gasteiger partial charge in [-0.05, 0) is 70.4 Å². The van der Waals surface area contributed by atoms with Crippen molar-refractivity contribution in [1.82, 2.24) is 5.32 Å². The topological polar surface area (TPSA) is 38.3 Å². The fourth-order valence-electron chi connectivity index (χ4n) is 3.16. The summed E-state index contributed by atoms with van der Waals surface area (Å²) in [5.41, 5.74) is 3.82. The molecule has 1 aliphatic carbocycles. The van der Waals surface area contributed by atoms with E-state index in [-0.39, 0.29) is 18.6 Å². The minimum atomic E-state index is -0.0804. The van der Waals surface area contributed by atoms with E-state index in [0.29, 0.717) is 5.75 Å². The first-order valence-electron chi connectivity index (χ1n) is 8.45. The molecule has 0 aliphatic heterocycles. The number of benzene rings is 2. The lowest BCUT2D eigenvalue weighted by Gasteiger charge is -2.26. The van der Waals surface area contributed by atoms with Gasteiger partial charge in [-0.1, -0.05) is 37.3 Å². The molecule has 0 aromatic heterocycles. The zero-order valence-corrected chi connectivity index (χ0v) is 15.4. The highest BCUT2D eigenvalue weighted by Gasteiger charge is 2.21. The number of aryl methyl sites for hydroxylation is 2. The molecule has 0 fully saturated rings. The minimum Gasteiger partial charge on any atom is -0.483 e. The number of nitrogens with one attached hydrogen (secondary N) is 1. The SMILES string of the molecule is CCc1ccc(OCC(=O)N[C@H]2CCCc3ccccc32)c(Br)c1. The summed E-state index contributed by atoms with van der Waals surface area (Å²) in [6.07, 6.45) is 4.15. The summed E-state index contributed by atoms with van der Waals surface area (Å²) in [5.74, 6) is 0.620. The first kappa shape index (κ1) is 17.0. The molecule has 0 saturated carbocycles. The number of fused-ring (bicyclic) bond motifs is 1. The zero-order valence-electron chi connectivity index (χ0n) is 13.8. The molecule has 2 aromatic rings. The van der Waals surface area contributed by atoms with Gasteiger partial charge in [-0.3, -0.25) is 4.79 Å². The number of carbonyl (C=O) groups is 1. The number of hydrogen-bond donors (Lipinski definition) is 1. The second-order valence-electron chi connectivity index (χ2n) is 6.12. The largest absolute Gasteiger partial charge is 0.483 e. The van der Waals surface area contributed by atoms with E-state index in [1.54, 1.807) is 0 Å². The Balaban J connectivity index is 1.59. The quantitative estimate of drug-likeness (QED) is 0.814. The second kappa shape index (κ2) is 7.84. The number of carbonyl (C=O) groups excluding carboxylic acids is 1. The van der Waals surface area contributed by atoms with Crippen LogP contribution in [0.3, 0.4) is 0 Å². The van der Waals surface area contributed by atoms with Gasteiger partial charge in [0, 0.05) is 0 Å². The van der Waals surface area contributed by atoms with Gasteiger partial charge < -0.3 is 10.1 Å². The Bertz CT molecular complexity index is 729. The van der Waals surface area contributed by atoms with Gasteiger partial charge in [-0.15, -0.1) is 0 Å². The molecule has 4 heteroatoms. The Morgan fingerprint density at radius 2 is 2.12 bits per heavy atom. The standard InChI is InChI=1S/C20H22BrNO2/c1-2-14-10-11-19(17(21)12-14)24-13-20(23)22-18-9-5-7-15-6-3-4-8-16(15)18/h3-4,6,8,10-12,18H,2,5,7,9,13H2,1H3,(H,22,23)/t18-/m0/s1. The van der Waals surface area contributed by atoms with E-state index >= 15 is 0 Å². The Labute approximate surface area is 151 Å². The normalized spacial score (nSPS) is 16.3. The average molecular weight is 388 g/mol. The molecule has 1 aliphatic rings. The van der Waals surface area contributed by atoms with Gasteiger partial charge in [0.15, 0.2) is 6.61 Å². The summed E-state index contributed by atoms with van der Waals surface area (Å²) in [7, 11) is 0. The molecule has 0 spiro atoms. The predicted molar refractivity (Wildman–Crippen MR) is 99.3 cm³/mol. The third-order valence-corrected chi connectivity index (χ3v) is 5.09. The van der Waals surface area contributed by atoms with Crippen LogP contribution in [0, 0.1) is 0 Å². The van der Waals surface area contributed by atoms with Crippen molar-refractivity contribution >= 4 is 21.8 Å². The maximum atomic E-state index is 12.3. The molecular formula is C20H22BrNO2. The molecule has 126 valence electrons. The van der Waals surface area contributed by atoms with Gasteiger partial charge in [0.1, 0.15) is 5.75 Å². The van der Waals surface area contributed by atoms with Crippen LogP contribution in [0.1, 0.15) is 42.5 Å². The highest BCUT2D eigenvalue weighted by molar-refractivity contribution is 9.10. The Morgan fingerprint density at radius 1 is 1.29 bits per heavy atom. The molecule has 24 heavy (non-hydrogen) atoms. The smallest absolute Gasteiger partial charge is 0.258 e. The Kier molecular flexibility index (Phi) is 5.56. The first-order chi connectivity index (χ1) is 11.7. The van der Waals surface area contributed by atoms with Crippen LogP contribution < -0.4 is 10.1 Å². The van der Waals surface area contributed by atoms with Crippen molar-refractivity contribution < 1.29 is 9.53 Å². The fourth-order valence-corrected chi connectivity index (χ4v) is 3.71. The fraction of sp³-hybridized carbons (Fsp3) is 0.350. The van der Waals surface area contributed by atoms with Crippen molar-refractivity contribution in [3.8, 4) is 5.75 Å². The molecule has 0 heterocycles. The van der Waals surface area contributed by atoms with E-state index in [1.165, 1.54) is 16.7 Å². The summed E-state index contributed by atoms with van der Waals surface area (Å²) in [4.78, 5) is 12.3. The van der Waals surface area contributed by atoms with E-state index in [0.717, 1.165) is 30.2 Å². The summed E-state index contributed by atoms with van der Waals surface area (Å²) >= 11 is 3.50. The third kappa shape index (κ3) is 3.99. The number of amides is 1. The molecule has 1 atom stereocenters. The number of hydrogen-bond acceptors (Lipinski definition) is 2. The van der Waals surface area contributed by atoms with Crippen LogP contribution in [0.2, 0.25) is 0 Å². The summed E-state index contributed by atoms with van der Waals surface area (Å²) in [6, 6.07) is 14.4. The highest BCUT2D eigenvalue weighted by atomic mass is 79.9. The molecule has 3 rings (SSSR count). The van der Waals surface area contributed by atoms with Crippen LogP contribution in [0.25, 0.3) is 0 Å². The van der Waals surface area contributed by atoms with Crippen molar-refractivity contribution in [1.29, 1.82) is 0 Å². The van der Waals surface area contributed by atoms with Gasteiger partial charge in [-0.25, -0.2) is 0 Å². The maximum Gasteiger partial charge on any atom is 0.258 e. The van der Waals surface area contributed by atoms with Crippen LogP contribution in [-0.4, -0.2) is 12.5 Å².